The third-order valence-corrected chi connectivity index (χ3v) is 2.61. The van der Waals surface area contributed by atoms with Gasteiger partial charge in [-0.1, -0.05) is 6.92 Å². The first-order chi connectivity index (χ1) is 6.62. The lowest BCUT2D eigenvalue weighted by Gasteiger charge is -2.07. The van der Waals surface area contributed by atoms with Crippen molar-refractivity contribution in [3.8, 4) is 0 Å². The molecular weight excluding hydrogens is 206 g/mol. The molecule has 0 rings (SSSR count). The maximum absolute atomic E-state index is 11.2. The number of nitrogens with one attached hydrogen (secondary N) is 3. The van der Waals surface area contributed by atoms with E-state index in [4.69, 9.17) is 4.74 Å². The van der Waals surface area contributed by atoms with Gasteiger partial charge in [-0.25, -0.2) is 4.72 Å². The zero-order valence-corrected chi connectivity index (χ0v) is 9.49. The van der Waals surface area contributed by atoms with Gasteiger partial charge in [-0.05, 0) is 6.54 Å². The van der Waals surface area contributed by atoms with Crippen LogP contribution in [0, 0.1) is 0 Å². The van der Waals surface area contributed by atoms with Crippen LogP contribution in [-0.4, -0.2) is 48.3 Å². The van der Waals surface area contributed by atoms with E-state index in [-0.39, 0.29) is 6.54 Å². The molecule has 0 aromatic rings. The molecule has 0 aromatic heterocycles. The summed E-state index contributed by atoms with van der Waals surface area (Å²) in [5.41, 5.74) is 0. The van der Waals surface area contributed by atoms with Crippen LogP contribution < -0.4 is 14.8 Å². The average Bonchev–Trinajstić information content (AvgIpc) is 2.13. The van der Waals surface area contributed by atoms with Crippen LogP contribution >= 0.6 is 0 Å². The fourth-order valence-electron chi connectivity index (χ4n) is 0.780. The minimum atomic E-state index is -3.35. The molecule has 86 valence electrons. The summed E-state index contributed by atoms with van der Waals surface area (Å²) in [5, 5.41) is 3.01. The molecule has 0 aromatic carbocycles. The van der Waals surface area contributed by atoms with Crippen LogP contribution in [0.25, 0.3) is 0 Å². The summed E-state index contributed by atoms with van der Waals surface area (Å²) in [5.74, 6) is 0. The van der Waals surface area contributed by atoms with Gasteiger partial charge in [-0.2, -0.15) is 13.1 Å². The zero-order chi connectivity index (χ0) is 10.9. The Hall–Kier alpha value is -0.210. The van der Waals surface area contributed by atoms with Crippen molar-refractivity contribution in [2.75, 3.05) is 39.9 Å². The van der Waals surface area contributed by atoms with Gasteiger partial charge in [0.25, 0.3) is 10.2 Å². The molecule has 3 N–H and O–H groups in total. The molecule has 0 unspecified atom stereocenters. The summed E-state index contributed by atoms with van der Waals surface area (Å²) in [6.07, 6.45) is 0. The van der Waals surface area contributed by atoms with Crippen LogP contribution in [0.5, 0.6) is 0 Å². The molecule has 0 fully saturated rings. The SMILES string of the molecule is CCNCCNS(=O)(=O)NCCOC. The van der Waals surface area contributed by atoms with Gasteiger partial charge in [-0.15, -0.1) is 0 Å². The lowest BCUT2D eigenvalue weighted by atomic mass is 10.6. The van der Waals surface area contributed by atoms with Crippen molar-refractivity contribution in [1.29, 1.82) is 0 Å². The van der Waals surface area contributed by atoms with E-state index in [1.54, 1.807) is 0 Å². The first-order valence-corrected chi connectivity index (χ1v) is 6.04. The van der Waals surface area contributed by atoms with Crippen molar-refractivity contribution in [3.63, 3.8) is 0 Å². The molecule has 0 aliphatic rings. The van der Waals surface area contributed by atoms with Crippen molar-refractivity contribution in [2.24, 2.45) is 0 Å². The Bertz CT molecular complexity index is 218. The van der Waals surface area contributed by atoms with Crippen molar-refractivity contribution >= 4 is 10.2 Å². The normalized spacial score (nSPS) is 11.9. The number of hydrogen-bond donors (Lipinski definition) is 3. The topological polar surface area (TPSA) is 79.5 Å². The maximum atomic E-state index is 11.2. The molecule has 0 saturated carbocycles. The van der Waals surface area contributed by atoms with Crippen LogP contribution in [0.1, 0.15) is 6.92 Å². The smallest absolute Gasteiger partial charge is 0.277 e. The summed E-state index contributed by atoms with van der Waals surface area (Å²) in [6, 6.07) is 0. The summed E-state index contributed by atoms with van der Waals surface area (Å²) in [4.78, 5) is 0. The van der Waals surface area contributed by atoms with E-state index in [0.29, 0.717) is 19.7 Å². The second-order valence-corrected chi connectivity index (χ2v) is 4.22. The molecule has 0 radical (unpaired) electrons. The van der Waals surface area contributed by atoms with Crippen LogP contribution in [-0.2, 0) is 14.9 Å². The molecule has 0 bridgehead atoms. The second-order valence-electron chi connectivity index (χ2n) is 2.64. The minimum Gasteiger partial charge on any atom is -0.383 e. The second kappa shape index (κ2) is 8.13. The lowest BCUT2D eigenvalue weighted by Crippen LogP contribution is -2.41. The predicted octanol–water partition coefficient (Wildman–Crippen LogP) is -1.33. The highest BCUT2D eigenvalue weighted by Gasteiger charge is 2.06. The first-order valence-electron chi connectivity index (χ1n) is 4.56. The molecule has 7 heteroatoms. The Morgan fingerprint density at radius 2 is 1.79 bits per heavy atom. The van der Waals surface area contributed by atoms with Crippen LogP contribution in [0.15, 0.2) is 0 Å². The van der Waals surface area contributed by atoms with Crippen molar-refractivity contribution in [2.45, 2.75) is 6.92 Å². The fraction of sp³-hybridized carbons (Fsp3) is 1.00. The molecule has 0 saturated heterocycles. The summed E-state index contributed by atoms with van der Waals surface area (Å²) in [6.45, 7) is 4.46. The standard InChI is InChI=1S/C7H19N3O3S/c1-3-8-4-5-9-14(11,12)10-6-7-13-2/h8-10H,3-7H2,1-2H3. The van der Waals surface area contributed by atoms with E-state index >= 15 is 0 Å². The predicted molar refractivity (Wildman–Crippen MR) is 55.3 cm³/mol. The summed E-state index contributed by atoms with van der Waals surface area (Å²) in [7, 11) is -1.83. The van der Waals surface area contributed by atoms with Gasteiger partial charge in [0.05, 0.1) is 6.61 Å². The molecule has 0 aliphatic carbocycles. The third kappa shape index (κ3) is 8.39. The molecule has 14 heavy (non-hydrogen) atoms. The largest absolute Gasteiger partial charge is 0.383 e. The molecule has 0 spiro atoms. The van der Waals surface area contributed by atoms with E-state index in [1.807, 2.05) is 6.92 Å². The van der Waals surface area contributed by atoms with Crippen LogP contribution in [0.4, 0.5) is 0 Å². The Kier molecular flexibility index (Phi) is 8.01. The quantitative estimate of drug-likeness (QED) is 0.425. The molecule has 0 amide bonds. The van der Waals surface area contributed by atoms with Crippen molar-refractivity contribution in [3.05, 3.63) is 0 Å². The van der Waals surface area contributed by atoms with Crippen LogP contribution in [0.3, 0.4) is 0 Å². The fourth-order valence-corrected chi connectivity index (χ4v) is 1.60. The number of likely N-dealkylation sites (N-methyl/N-ethyl adjacent to an activating group) is 1. The van der Waals surface area contributed by atoms with E-state index in [0.717, 1.165) is 6.54 Å². The molecular formula is C7H19N3O3S. The Labute approximate surface area is 85.6 Å². The van der Waals surface area contributed by atoms with E-state index < -0.39 is 10.2 Å². The number of methoxy groups -OCH3 is 1. The van der Waals surface area contributed by atoms with Gasteiger partial charge in [-0.3, -0.25) is 0 Å². The number of ether oxygens (including phenoxy) is 1. The maximum Gasteiger partial charge on any atom is 0.277 e. The number of hydrogen-bond acceptors (Lipinski definition) is 4. The molecule has 6 nitrogen and oxygen atoms in total. The Morgan fingerprint density at radius 3 is 2.36 bits per heavy atom. The average molecular weight is 225 g/mol. The van der Waals surface area contributed by atoms with E-state index in [9.17, 15) is 8.42 Å². The third-order valence-electron chi connectivity index (χ3n) is 1.44. The van der Waals surface area contributed by atoms with Crippen LogP contribution in [0.2, 0.25) is 0 Å². The highest BCUT2D eigenvalue weighted by Crippen LogP contribution is 1.75. The van der Waals surface area contributed by atoms with Gasteiger partial charge in [0, 0.05) is 26.7 Å². The van der Waals surface area contributed by atoms with E-state index in [1.165, 1.54) is 7.11 Å². The van der Waals surface area contributed by atoms with Gasteiger partial charge in [0.15, 0.2) is 0 Å². The van der Waals surface area contributed by atoms with Gasteiger partial charge in [0.2, 0.25) is 0 Å². The lowest BCUT2D eigenvalue weighted by molar-refractivity contribution is 0.204. The van der Waals surface area contributed by atoms with Gasteiger partial charge < -0.3 is 10.1 Å². The van der Waals surface area contributed by atoms with Gasteiger partial charge in [0.1, 0.15) is 0 Å². The zero-order valence-electron chi connectivity index (χ0n) is 8.67. The number of rotatable bonds is 9. The minimum absolute atomic E-state index is 0.285. The highest BCUT2D eigenvalue weighted by molar-refractivity contribution is 7.87. The molecule has 0 aliphatic heterocycles. The monoisotopic (exact) mass is 225 g/mol. The summed E-state index contributed by atoms with van der Waals surface area (Å²) >= 11 is 0. The van der Waals surface area contributed by atoms with Crippen molar-refractivity contribution in [1.82, 2.24) is 14.8 Å². The van der Waals surface area contributed by atoms with Gasteiger partial charge >= 0.3 is 0 Å². The van der Waals surface area contributed by atoms with Crippen molar-refractivity contribution < 1.29 is 13.2 Å². The Balaban J connectivity index is 3.52. The molecule has 0 heterocycles. The first kappa shape index (κ1) is 13.8. The molecule has 0 atom stereocenters. The van der Waals surface area contributed by atoms with E-state index in [2.05, 4.69) is 14.8 Å². The Morgan fingerprint density at radius 1 is 1.14 bits per heavy atom. The highest BCUT2D eigenvalue weighted by atomic mass is 32.2. The summed E-state index contributed by atoms with van der Waals surface area (Å²) < 4.78 is 31.8.